The number of halogens is 1. The fraction of sp³-hybridized carbons (Fsp3) is 0.800. The van der Waals surface area contributed by atoms with Gasteiger partial charge >= 0.3 is 0 Å². The summed E-state index contributed by atoms with van der Waals surface area (Å²) in [6, 6.07) is 2.31. The summed E-state index contributed by atoms with van der Waals surface area (Å²) in [4.78, 5) is 0. The van der Waals surface area contributed by atoms with Crippen molar-refractivity contribution in [3.05, 3.63) is 12.2 Å². The standard InChI is InChI=1S/C15H24ClNO2/c1-10(18)4-3-5-13(19)6-7-14-11(2)15(16)8-12(14)9-17/h6-7,10-15,18-19H,3-5,8H2,1-2H3/b7-6+/t10-,11-,12+,13+,14-,15-/m1/s1. The zero-order valence-corrected chi connectivity index (χ0v) is 12.4. The maximum atomic E-state index is 9.85. The first-order valence-electron chi connectivity index (χ1n) is 7.03. The number of nitrogens with zero attached hydrogens (tertiary/aromatic N) is 1. The van der Waals surface area contributed by atoms with Gasteiger partial charge in [0.05, 0.1) is 24.2 Å². The lowest BCUT2D eigenvalue weighted by Crippen LogP contribution is -2.13. The molecule has 1 rings (SSSR count). The topological polar surface area (TPSA) is 64.2 Å². The summed E-state index contributed by atoms with van der Waals surface area (Å²) in [5.41, 5.74) is 0. The van der Waals surface area contributed by atoms with Crippen LogP contribution < -0.4 is 0 Å². The fourth-order valence-electron chi connectivity index (χ4n) is 2.65. The Bertz CT molecular complexity index is 338. The molecule has 0 aromatic heterocycles. The van der Waals surface area contributed by atoms with Crippen molar-refractivity contribution in [1.82, 2.24) is 0 Å². The Morgan fingerprint density at radius 3 is 2.68 bits per heavy atom. The van der Waals surface area contributed by atoms with Gasteiger partial charge in [-0.3, -0.25) is 0 Å². The predicted molar refractivity (Wildman–Crippen MR) is 76.7 cm³/mol. The van der Waals surface area contributed by atoms with Gasteiger partial charge in [-0.05, 0) is 44.4 Å². The van der Waals surface area contributed by atoms with Crippen LogP contribution in [0.1, 0.15) is 39.5 Å². The average Bonchev–Trinajstić information content (AvgIpc) is 2.62. The normalized spacial score (nSPS) is 34.3. The Kier molecular flexibility index (Phi) is 6.85. The average molecular weight is 286 g/mol. The highest BCUT2D eigenvalue weighted by Crippen LogP contribution is 2.40. The molecule has 0 aromatic rings. The number of hydrogen-bond donors (Lipinski definition) is 2. The number of rotatable bonds is 6. The van der Waals surface area contributed by atoms with Gasteiger partial charge < -0.3 is 10.2 Å². The fourth-order valence-corrected chi connectivity index (χ4v) is 3.01. The summed E-state index contributed by atoms with van der Waals surface area (Å²) in [6.45, 7) is 3.81. The van der Waals surface area contributed by atoms with Crippen LogP contribution >= 0.6 is 11.6 Å². The van der Waals surface area contributed by atoms with E-state index in [-0.39, 0.29) is 29.2 Å². The van der Waals surface area contributed by atoms with Crippen molar-refractivity contribution in [2.24, 2.45) is 17.8 Å². The van der Waals surface area contributed by atoms with E-state index in [9.17, 15) is 5.11 Å². The van der Waals surface area contributed by atoms with Crippen molar-refractivity contribution >= 4 is 11.6 Å². The van der Waals surface area contributed by atoms with Crippen LogP contribution in [-0.4, -0.2) is 27.8 Å². The number of alkyl halides is 1. The van der Waals surface area contributed by atoms with E-state index in [2.05, 4.69) is 13.0 Å². The molecule has 6 atom stereocenters. The maximum absolute atomic E-state index is 9.85. The minimum absolute atomic E-state index is 0.0431. The summed E-state index contributed by atoms with van der Waals surface area (Å²) in [5, 5.41) is 28.2. The van der Waals surface area contributed by atoms with Crippen LogP contribution in [0.15, 0.2) is 12.2 Å². The monoisotopic (exact) mass is 285 g/mol. The smallest absolute Gasteiger partial charge is 0.0721 e. The summed E-state index contributed by atoms with van der Waals surface area (Å²) < 4.78 is 0. The molecular weight excluding hydrogens is 262 g/mol. The highest BCUT2D eigenvalue weighted by Gasteiger charge is 2.38. The molecule has 0 spiro atoms. The van der Waals surface area contributed by atoms with Crippen LogP contribution in [0.25, 0.3) is 0 Å². The zero-order chi connectivity index (χ0) is 14.4. The van der Waals surface area contributed by atoms with Gasteiger partial charge in [0, 0.05) is 5.38 Å². The molecule has 1 aliphatic carbocycles. The van der Waals surface area contributed by atoms with Crippen LogP contribution in [0.2, 0.25) is 0 Å². The first-order valence-corrected chi connectivity index (χ1v) is 7.47. The predicted octanol–water partition coefficient (Wildman–Crippen LogP) is 2.86. The molecule has 3 nitrogen and oxygen atoms in total. The Morgan fingerprint density at radius 1 is 1.42 bits per heavy atom. The third-order valence-electron chi connectivity index (χ3n) is 3.96. The van der Waals surface area contributed by atoms with Gasteiger partial charge in [0.2, 0.25) is 0 Å². The number of nitriles is 1. The Hall–Kier alpha value is -0.560. The molecule has 0 aliphatic heterocycles. The van der Waals surface area contributed by atoms with Crippen LogP contribution in [0.5, 0.6) is 0 Å². The number of hydrogen-bond acceptors (Lipinski definition) is 3. The summed E-state index contributed by atoms with van der Waals surface area (Å²) in [5.74, 6) is 0.365. The highest BCUT2D eigenvalue weighted by atomic mass is 35.5. The molecular formula is C15H24ClNO2. The van der Waals surface area contributed by atoms with Crippen LogP contribution in [0, 0.1) is 29.1 Å². The van der Waals surface area contributed by atoms with E-state index in [4.69, 9.17) is 22.0 Å². The molecule has 1 saturated carbocycles. The van der Waals surface area contributed by atoms with Crippen LogP contribution in [0.4, 0.5) is 0 Å². The third kappa shape index (κ3) is 5.14. The highest BCUT2D eigenvalue weighted by molar-refractivity contribution is 6.21. The lowest BCUT2D eigenvalue weighted by molar-refractivity contribution is 0.163. The van der Waals surface area contributed by atoms with E-state index < -0.39 is 6.10 Å². The Labute approximate surface area is 120 Å². The van der Waals surface area contributed by atoms with E-state index in [1.807, 2.05) is 6.08 Å². The third-order valence-corrected chi connectivity index (χ3v) is 4.54. The molecule has 0 bridgehead atoms. The maximum Gasteiger partial charge on any atom is 0.0721 e. The van der Waals surface area contributed by atoms with E-state index in [1.54, 1.807) is 13.0 Å². The van der Waals surface area contributed by atoms with Gasteiger partial charge in [0.1, 0.15) is 0 Å². The number of aliphatic hydroxyl groups is 2. The molecule has 0 aromatic carbocycles. The molecule has 0 heterocycles. The largest absolute Gasteiger partial charge is 0.393 e. The van der Waals surface area contributed by atoms with Crippen molar-refractivity contribution in [2.45, 2.75) is 57.1 Å². The molecule has 2 N–H and O–H groups in total. The lowest BCUT2D eigenvalue weighted by atomic mass is 9.90. The lowest BCUT2D eigenvalue weighted by Gasteiger charge is -2.15. The quantitative estimate of drug-likeness (QED) is 0.583. The van der Waals surface area contributed by atoms with Gasteiger partial charge in [0.25, 0.3) is 0 Å². The van der Waals surface area contributed by atoms with E-state index >= 15 is 0 Å². The molecule has 0 amide bonds. The van der Waals surface area contributed by atoms with E-state index in [0.29, 0.717) is 12.8 Å². The summed E-state index contributed by atoms with van der Waals surface area (Å²) in [6.07, 6.45) is 5.79. The molecule has 1 fully saturated rings. The first kappa shape index (κ1) is 16.5. The SMILES string of the molecule is C[C@@H]1[C@@H](/C=C/[C@@H](O)CCC[C@@H](C)O)[C@H](C#N)C[C@H]1Cl. The first-order chi connectivity index (χ1) is 8.95. The molecule has 0 radical (unpaired) electrons. The minimum atomic E-state index is -0.500. The van der Waals surface area contributed by atoms with Gasteiger partial charge in [-0.1, -0.05) is 19.1 Å². The van der Waals surface area contributed by atoms with Crippen molar-refractivity contribution in [3.63, 3.8) is 0 Å². The summed E-state index contributed by atoms with van der Waals surface area (Å²) >= 11 is 6.19. The van der Waals surface area contributed by atoms with Crippen LogP contribution in [-0.2, 0) is 0 Å². The van der Waals surface area contributed by atoms with Crippen molar-refractivity contribution < 1.29 is 10.2 Å². The van der Waals surface area contributed by atoms with E-state index in [1.165, 1.54) is 0 Å². The zero-order valence-electron chi connectivity index (χ0n) is 11.7. The molecule has 108 valence electrons. The molecule has 19 heavy (non-hydrogen) atoms. The van der Waals surface area contributed by atoms with Crippen molar-refractivity contribution in [3.8, 4) is 6.07 Å². The second-order valence-electron chi connectivity index (χ2n) is 5.66. The van der Waals surface area contributed by atoms with Crippen LogP contribution in [0.3, 0.4) is 0 Å². The van der Waals surface area contributed by atoms with Gasteiger partial charge in [-0.15, -0.1) is 11.6 Å². The molecule has 0 unspecified atom stereocenters. The Morgan fingerprint density at radius 2 is 2.11 bits per heavy atom. The van der Waals surface area contributed by atoms with Gasteiger partial charge in [0.15, 0.2) is 0 Å². The molecule has 0 saturated heterocycles. The van der Waals surface area contributed by atoms with Crippen molar-refractivity contribution in [1.29, 1.82) is 5.26 Å². The van der Waals surface area contributed by atoms with Crippen molar-refractivity contribution in [2.75, 3.05) is 0 Å². The Balaban J connectivity index is 2.44. The van der Waals surface area contributed by atoms with Gasteiger partial charge in [-0.2, -0.15) is 5.26 Å². The molecule has 1 aliphatic rings. The second kappa shape index (κ2) is 7.89. The number of allylic oxidation sites excluding steroid dienone is 1. The number of aliphatic hydroxyl groups excluding tert-OH is 2. The van der Waals surface area contributed by atoms with Gasteiger partial charge in [-0.25, -0.2) is 0 Å². The minimum Gasteiger partial charge on any atom is -0.393 e. The second-order valence-corrected chi connectivity index (χ2v) is 6.22. The summed E-state index contributed by atoms with van der Waals surface area (Å²) in [7, 11) is 0. The van der Waals surface area contributed by atoms with E-state index in [0.717, 1.165) is 12.8 Å². The molecule has 4 heteroatoms.